The molecule has 116 valence electrons. The fraction of sp³-hybridized carbons (Fsp3) is 0.625. The molecule has 0 bridgehead atoms. The predicted octanol–water partition coefficient (Wildman–Crippen LogP) is 3.12. The summed E-state index contributed by atoms with van der Waals surface area (Å²) in [5.41, 5.74) is 0.565. The first kappa shape index (κ1) is 16.2. The van der Waals surface area contributed by atoms with Crippen molar-refractivity contribution in [2.75, 3.05) is 20.1 Å². The number of amides is 1. The normalized spacial score (nSPS) is 16.1. The van der Waals surface area contributed by atoms with Gasteiger partial charge < -0.3 is 10.2 Å². The summed E-state index contributed by atoms with van der Waals surface area (Å²) in [7, 11) is 2.19. The Kier molecular flexibility index (Phi) is 6.46. The lowest BCUT2D eigenvalue weighted by Gasteiger charge is -2.31. The van der Waals surface area contributed by atoms with Crippen molar-refractivity contribution in [3.05, 3.63) is 29.0 Å². The van der Waals surface area contributed by atoms with Crippen LogP contribution in [0.25, 0.3) is 0 Å². The van der Waals surface area contributed by atoms with Crippen molar-refractivity contribution in [3.63, 3.8) is 0 Å². The summed E-state index contributed by atoms with van der Waals surface area (Å²) in [5, 5.41) is 3.28. The van der Waals surface area contributed by atoms with Crippen LogP contribution in [-0.2, 0) is 0 Å². The fourth-order valence-corrected chi connectivity index (χ4v) is 3.05. The SMILES string of the molecule is CN(CCCNC(=O)c1ccnc(Cl)c1)C1CCCCC1. The van der Waals surface area contributed by atoms with Gasteiger partial charge in [-0.05, 0) is 45.0 Å². The second kappa shape index (κ2) is 8.35. The fourth-order valence-electron chi connectivity index (χ4n) is 2.88. The molecule has 1 amide bonds. The number of hydrogen-bond acceptors (Lipinski definition) is 3. The van der Waals surface area contributed by atoms with E-state index >= 15 is 0 Å². The predicted molar refractivity (Wildman–Crippen MR) is 85.7 cm³/mol. The van der Waals surface area contributed by atoms with Crippen molar-refractivity contribution in [2.45, 2.75) is 44.6 Å². The number of nitrogens with one attached hydrogen (secondary N) is 1. The highest BCUT2D eigenvalue weighted by molar-refractivity contribution is 6.29. The lowest BCUT2D eigenvalue weighted by molar-refractivity contribution is 0.0950. The largest absolute Gasteiger partial charge is 0.352 e. The zero-order valence-electron chi connectivity index (χ0n) is 12.6. The molecule has 0 unspecified atom stereocenters. The molecule has 1 aromatic rings. The minimum absolute atomic E-state index is 0.0837. The lowest BCUT2D eigenvalue weighted by atomic mass is 9.94. The van der Waals surface area contributed by atoms with Gasteiger partial charge in [0.25, 0.3) is 5.91 Å². The second-order valence-electron chi connectivity index (χ2n) is 5.75. The van der Waals surface area contributed by atoms with Crippen LogP contribution in [0.1, 0.15) is 48.9 Å². The highest BCUT2D eigenvalue weighted by Gasteiger charge is 2.17. The molecule has 0 aromatic carbocycles. The summed E-state index contributed by atoms with van der Waals surface area (Å²) in [6.07, 6.45) is 9.25. The van der Waals surface area contributed by atoms with Crippen molar-refractivity contribution in [1.82, 2.24) is 15.2 Å². The number of aromatic nitrogens is 1. The van der Waals surface area contributed by atoms with Crippen LogP contribution in [-0.4, -0.2) is 42.0 Å². The number of hydrogen-bond donors (Lipinski definition) is 1. The minimum Gasteiger partial charge on any atom is -0.352 e. The number of carbonyl (C=O) groups is 1. The number of rotatable bonds is 6. The molecule has 1 aliphatic rings. The lowest BCUT2D eigenvalue weighted by Crippen LogP contribution is -2.35. The van der Waals surface area contributed by atoms with Gasteiger partial charge in [-0.1, -0.05) is 30.9 Å². The molecule has 0 atom stereocenters. The van der Waals surface area contributed by atoms with Gasteiger partial charge in [-0.3, -0.25) is 4.79 Å². The van der Waals surface area contributed by atoms with Crippen molar-refractivity contribution in [2.24, 2.45) is 0 Å². The maximum Gasteiger partial charge on any atom is 0.251 e. The zero-order valence-corrected chi connectivity index (χ0v) is 13.4. The third kappa shape index (κ3) is 5.29. The maximum absolute atomic E-state index is 11.9. The summed E-state index contributed by atoms with van der Waals surface area (Å²) in [6, 6.07) is 3.99. The van der Waals surface area contributed by atoms with Crippen LogP contribution in [0.5, 0.6) is 0 Å². The zero-order chi connectivity index (χ0) is 15.1. The van der Waals surface area contributed by atoms with Gasteiger partial charge in [-0.15, -0.1) is 0 Å². The molecule has 21 heavy (non-hydrogen) atoms. The molecule has 1 aromatic heterocycles. The first-order chi connectivity index (χ1) is 10.2. The van der Waals surface area contributed by atoms with E-state index in [0.717, 1.165) is 19.0 Å². The Morgan fingerprint density at radius 2 is 2.19 bits per heavy atom. The Balaban J connectivity index is 1.66. The van der Waals surface area contributed by atoms with E-state index in [2.05, 4.69) is 22.2 Å². The van der Waals surface area contributed by atoms with Gasteiger partial charge >= 0.3 is 0 Å². The minimum atomic E-state index is -0.0837. The van der Waals surface area contributed by atoms with Crippen molar-refractivity contribution in [1.29, 1.82) is 0 Å². The average molecular weight is 310 g/mol. The summed E-state index contributed by atoms with van der Waals surface area (Å²) < 4.78 is 0. The van der Waals surface area contributed by atoms with Crippen LogP contribution in [0.2, 0.25) is 5.15 Å². The van der Waals surface area contributed by atoms with Crippen molar-refractivity contribution < 1.29 is 4.79 Å². The third-order valence-electron chi connectivity index (χ3n) is 4.16. The molecule has 0 radical (unpaired) electrons. The van der Waals surface area contributed by atoms with E-state index < -0.39 is 0 Å². The smallest absolute Gasteiger partial charge is 0.251 e. The Bertz CT molecular complexity index is 461. The van der Waals surface area contributed by atoms with Gasteiger partial charge in [0.2, 0.25) is 0 Å². The van der Waals surface area contributed by atoms with Gasteiger partial charge in [0.15, 0.2) is 0 Å². The molecule has 1 fully saturated rings. The molecule has 0 saturated heterocycles. The highest BCUT2D eigenvalue weighted by Crippen LogP contribution is 2.21. The van der Waals surface area contributed by atoms with Crippen LogP contribution < -0.4 is 5.32 Å². The van der Waals surface area contributed by atoms with Crippen LogP contribution >= 0.6 is 11.6 Å². The number of nitrogens with zero attached hydrogens (tertiary/aromatic N) is 2. The molecule has 1 N–H and O–H groups in total. The molecule has 1 aliphatic carbocycles. The van der Waals surface area contributed by atoms with E-state index in [1.54, 1.807) is 18.3 Å². The van der Waals surface area contributed by atoms with Gasteiger partial charge in [-0.2, -0.15) is 0 Å². The van der Waals surface area contributed by atoms with Crippen molar-refractivity contribution >= 4 is 17.5 Å². The Morgan fingerprint density at radius 3 is 2.90 bits per heavy atom. The average Bonchev–Trinajstić information content (AvgIpc) is 2.52. The van der Waals surface area contributed by atoms with E-state index in [4.69, 9.17) is 11.6 Å². The van der Waals surface area contributed by atoms with Gasteiger partial charge in [0.05, 0.1) is 0 Å². The van der Waals surface area contributed by atoms with Gasteiger partial charge in [-0.25, -0.2) is 4.98 Å². The summed E-state index contributed by atoms with van der Waals surface area (Å²) >= 11 is 5.78. The number of carbonyl (C=O) groups excluding carboxylic acids is 1. The highest BCUT2D eigenvalue weighted by atomic mass is 35.5. The van der Waals surface area contributed by atoms with Crippen LogP contribution in [0.3, 0.4) is 0 Å². The molecule has 5 heteroatoms. The Labute approximate surface area is 131 Å². The molecule has 2 rings (SSSR count). The summed E-state index contributed by atoms with van der Waals surface area (Å²) in [5.74, 6) is -0.0837. The molecule has 0 spiro atoms. The maximum atomic E-state index is 11.9. The third-order valence-corrected chi connectivity index (χ3v) is 4.37. The molecule has 1 saturated carbocycles. The van der Waals surface area contributed by atoms with Crippen LogP contribution in [0.15, 0.2) is 18.3 Å². The Hall–Kier alpha value is -1.13. The Morgan fingerprint density at radius 1 is 1.43 bits per heavy atom. The van der Waals surface area contributed by atoms with Gasteiger partial charge in [0, 0.05) is 24.3 Å². The van der Waals surface area contributed by atoms with E-state index in [-0.39, 0.29) is 5.91 Å². The van der Waals surface area contributed by atoms with Gasteiger partial charge in [0.1, 0.15) is 5.15 Å². The van der Waals surface area contributed by atoms with E-state index in [0.29, 0.717) is 17.3 Å². The summed E-state index contributed by atoms with van der Waals surface area (Å²) in [6.45, 7) is 1.72. The van der Waals surface area contributed by atoms with Crippen LogP contribution in [0, 0.1) is 0 Å². The van der Waals surface area contributed by atoms with Crippen LogP contribution in [0.4, 0.5) is 0 Å². The second-order valence-corrected chi connectivity index (χ2v) is 6.14. The first-order valence-electron chi connectivity index (χ1n) is 7.77. The monoisotopic (exact) mass is 309 g/mol. The first-order valence-corrected chi connectivity index (χ1v) is 8.14. The number of pyridine rings is 1. The molecule has 0 aliphatic heterocycles. The number of halogens is 1. The molecular formula is C16H24ClN3O. The molecular weight excluding hydrogens is 286 g/mol. The quantitative estimate of drug-likeness (QED) is 0.648. The van der Waals surface area contributed by atoms with E-state index in [9.17, 15) is 4.79 Å². The standard InChI is InChI=1S/C16H24ClN3O/c1-20(14-6-3-2-4-7-14)11-5-9-19-16(21)13-8-10-18-15(17)12-13/h8,10,12,14H,2-7,9,11H2,1H3,(H,19,21). The molecule has 4 nitrogen and oxygen atoms in total. The topological polar surface area (TPSA) is 45.2 Å². The molecule has 1 heterocycles. The summed E-state index contributed by atoms with van der Waals surface area (Å²) in [4.78, 5) is 18.2. The van der Waals surface area contributed by atoms with E-state index in [1.807, 2.05) is 0 Å². The van der Waals surface area contributed by atoms with Crippen molar-refractivity contribution in [3.8, 4) is 0 Å². The van der Waals surface area contributed by atoms with E-state index in [1.165, 1.54) is 32.1 Å².